The molecule has 0 saturated heterocycles. The van der Waals surface area contributed by atoms with Gasteiger partial charge < -0.3 is 4.74 Å². The molecule has 0 heterocycles. The van der Waals surface area contributed by atoms with E-state index >= 15 is 0 Å². The highest BCUT2D eigenvalue weighted by Gasteiger charge is 1.93. The fourth-order valence-electron chi connectivity index (χ4n) is 0.388. The molecule has 0 aliphatic rings. The van der Waals surface area contributed by atoms with Crippen molar-refractivity contribution in [2.75, 3.05) is 13.3 Å². The summed E-state index contributed by atoms with van der Waals surface area (Å²) in [6.07, 6.45) is 0.903. The molecule has 1 nitrogen and oxygen atoms in total. The fourth-order valence-corrected chi connectivity index (χ4v) is 0.388. The molecule has 1 radical (unpaired) electrons. The van der Waals surface area contributed by atoms with Crippen LogP contribution in [-0.2, 0) is 4.74 Å². The van der Waals surface area contributed by atoms with Crippen molar-refractivity contribution in [1.82, 2.24) is 0 Å². The van der Waals surface area contributed by atoms with E-state index in [-0.39, 0.29) is 6.61 Å². The SMILES string of the molecule is CC(C)C[CH]OCCF. The highest BCUT2D eigenvalue weighted by Crippen LogP contribution is 2.02. The molecule has 0 rings (SSSR count). The summed E-state index contributed by atoms with van der Waals surface area (Å²) in [5, 5.41) is 0. The van der Waals surface area contributed by atoms with Crippen LogP contribution >= 0.6 is 0 Å². The summed E-state index contributed by atoms with van der Waals surface area (Å²) in [6, 6.07) is 0. The average Bonchev–Trinajstić information content (AvgIpc) is 1.80. The predicted octanol–water partition coefficient (Wildman–Crippen LogP) is 2.18. The van der Waals surface area contributed by atoms with E-state index in [9.17, 15) is 4.39 Å². The van der Waals surface area contributed by atoms with Crippen molar-refractivity contribution in [2.45, 2.75) is 20.3 Å². The van der Waals surface area contributed by atoms with Gasteiger partial charge >= 0.3 is 0 Å². The van der Waals surface area contributed by atoms with E-state index in [2.05, 4.69) is 13.8 Å². The second-order valence-corrected chi connectivity index (χ2v) is 2.36. The van der Waals surface area contributed by atoms with E-state index in [1.807, 2.05) is 0 Å². The zero-order valence-corrected chi connectivity index (χ0v) is 6.06. The number of alkyl halides is 1. The lowest BCUT2D eigenvalue weighted by atomic mass is 10.1. The van der Waals surface area contributed by atoms with Crippen molar-refractivity contribution in [3.63, 3.8) is 0 Å². The van der Waals surface area contributed by atoms with Crippen LogP contribution in [0.25, 0.3) is 0 Å². The molecule has 0 spiro atoms. The number of ether oxygens (including phenoxy) is 1. The smallest absolute Gasteiger partial charge is 0.113 e. The molecule has 0 aromatic rings. The molecule has 0 saturated carbocycles. The van der Waals surface area contributed by atoms with Crippen LogP contribution in [-0.4, -0.2) is 13.3 Å². The van der Waals surface area contributed by atoms with Gasteiger partial charge in [-0.3, -0.25) is 0 Å². The fraction of sp³-hybridized carbons (Fsp3) is 0.857. The van der Waals surface area contributed by atoms with Crippen molar-refractivity contribution in [1.29, 1.82) is 0 Å². The molecule has 55 valence electrons. The summed E-state index contributed by atoms with van der Waals surface area (Å²) in [7, 11) is 0. The summed E-state index contributed by atoms with van der Waals surface area (Å²) < 4.78 is 16.2. The molecule has 0 aliphatic carbocycles. The standard InChI is InChI=1S/C7H14FO/c1-7(2)3-5-9-6-4-8/h5,7H,3-4,6H2,1-2H3. The molecule has 2 heteroatoms. The molecule has 0 N–H and O–H groups in total. The van der Waals surface area contributed by atoms with Crippen LogP contribution in [0.2, 0.25) is 0 Å². The number of hydrogen-bond donors (Lipinski definition) is 0. The van der Waals surface area contributed by atoms with Crippen LogP contribution in [0.3, 0.4) is 0 Å². The second-order valence-electron chi connectivity index (χ2n) is 2.36. The molecule has 0 aromatic carbocycles. The Hall–Kier alpha value is -0.110. The minimum Gasteiger partial charge on any atom is -0.373 e. The Kier molecular flexibility index (Phi) is 5.94. The zero-order valence-electron chi connectivity index (χ0n) is 6.06. The van der Waals surface area contributed by atoms with Gasteiger partial charge in [-0.15, -0.1) is 0 Å². The van der Waals surface area contributed by atoms with Gasteiger partial charge in [0.1, 0.15) is 6.67 Å². The quantitative estimate of drug-likeness (QED) is 0.522. The normalized spacial score (nSPS) is 10.7. The molecule has 0 fully saturated rings. The minimum atomic E-state index is -0.394. The maximum absolute atomic E-state index is 11.4. The highest BCUT2D eigenvalue weighted by molar-refractivity contribution is 4.53. The highest BCUT2D eigenvalue weighted by atomic mass is 19.1. The van der Waals surface area contributed by atoms with Gasteiger partial charge in [0.2, 0.25) is 0 Å². The summed E-state index contributed by atoms with van der Waals surface area (Å²) in [4.78, 5) is 0. The number of rotatable bonds is 5. The zero-order chi connectivity index (χ0) is 7.11. The van der Waals surface area contributed by atoms with Gasteiger partial charge in [0.25, 0.3) is 0 Å². The van der Waals surface area contributed by atoms with Crippen LogP contribution in [0.4, 0.5) is 4.39 Å². The third-order valence-corrected chi connectivity index (χ3v) is 0.880. The Morgan fingerprint density at radius 3 is 2.67 bits per heavy atom. The Morgan fingerprint density at radius 1 is 1.56 bits per heavy atom. The average molecular weight is 133 g/mol. The van der Waals surface area contributed by atoms with Gasteiger partial charge in [-0.05, 0) is 12.3 Å². The van der Waals surface area contributed by atoms with Crippen molar-refractivity contribution < 1.29 is 9.13 Å². The molecule has 9 heavy (non-hydrogen) atoms. The van der Waals surface area contributed by atoms with Gasteiger partial charge in [0.05, 0.1) is 13.2 Å². The third kappa shape index (κ3) is 7.89. The van der Waals surface area contributed by atoms with Crippen LogP contribution < -0.4 is 0 Å². The topological polar surface area (TPSA) is 9.23 Å². The molecule has 0 unspecified atom stereocenters. The lowest BCUT2D eigenvalue weighted by Crippen LogP contribution is -1.95. The summed E-state index contributed by atoms with van der Waals surface area (Å²) in [5.41, 5.74) is 0. The van der Waals surface area contributed by atoms with Gasteiger partial charge in [0, 0.05) is 0 Å². The van der Waals surface area contributed by atoms with Crippen molar-refractivity contribution in [3.8, 4) is 0 Å². The van der Waals surface area contributed by atoms with Crippen LogP contribution in [0.1, 0.15) is 20.3 Å². The first-order chi connectivity index (χ1) is 4.27. The monoisotopic (exact) mass is 133 g/mol. The first-order valence-electron chi connectivity index (χ1n) is 3.26. The second kappa shape index (κ2) is 6.02. The molecule has 0 bridgehead atoms. The predicted molar refractivity (Wildman–Crippen MR) is 35.7 cm³/mol. The molecule has 0 amide bonds. The van der Waals surface area contributed by atoms with Crippen LogP contribution in [0, 0.1) is 12.5 Å². The van der Waals surface area contributed by atoms with Crippen LogP contribution in [0.5, 0.6) is 0 Å². The Balaban J connectivity index is 2.75. The minimum absolute atomic E-state index is 0.201. The maximum atomic E-state index is 11.4. The van der Waals surface area contributed by atoms with E-state index in [1.54, 1.807) is 6.61 Å². The molecular weight excluding hydrogens is 119 g/mol. The van der Waals surface area contributed by atoms with Crippen molar-refractivity contribution in [2.24, 2.45) is 5.92 Å². The largest absolute Gasteiger partial charge is 0.373 e. The van der Waals surface area contributed by atoms with E-state index < -0.39 is 6.67 Å². The van der Waals surface area contributed by atoms with Gasteiger partial charge in [-0.25, -0.2) is 4.39 Å². The molecular formula is C7H14FO. The number of halogens is 1. The lowest BCUT2D eigenvalue weighted by molar-refractivity contribution is 0.164. The Bertz CT molecular complexity index is 54.9. The first kappa shape index (κ1) is 8.89. The van der Waals surface area contributed by atoms with E-state index in [0.29, 0.717) is 5.92 Å². The number of hydrogen-bond acceptors (Lipinski definition) is 1. The van der Waals surface area contributed by atoms with E-state index in [1.165, 1.54) is 0 Å². The molecule has 0 aliphatic heterocycles. The first-order valence-corrected chi connectivity index (χ1v) is 3.26. The maximum Gasteiger partial charge on any atom is 0.113 e. The lowest BCUT2D eigenvalue weighted by Gasteiger charge is -2.02. The van der Waals surface area contributed by atoms with E-state index in [4.69, 9.17) is 4.74 Å². The Morgan fingerprint density at radius 2 is 2.22 bits per heavy atom. The summed E-state index contributed by atoms with van der Waals surface area (Å²) in [6.45, 7) is 5.66. The third-order valence-electron chi connectivity index (χ3n) is 0.880. The van der Waals surface area contributed by atoms with Gasteiger partial charge in [-0.2, -0.15) is 0 Å². The van der Waals surface area contributed by atoms with Crippen molar-refractivity contribution in [3.05, 3.63) is 6.61 Å². The van der Waals surface area contributed by atoms with Gasteiger partial charge in [-0.1, -0.05) is 13.8 Å². The van der Waals surface area contributed by atoms with Gasteiger partial charge in [0.15, 0.2) is 0 Å². The molecule has 0 atom stereocenters. The summed E-state index contributed by atoms with van der Waals surface area (Å²) >= 11 is 0. The summed E-state index contributed by atoms with van der Waals surface area (Å²) in [5.74, 6) is 0.601. The van der Waals surface area contributed by atoms with Crippen LogP contribution in [0.15, 0.2) is 0 Å². The van der Waals surface area contributed by atoms with E-state index in [0.717, 1.165) is 6.42 Å². The Labute approximate surface area is 56.2 Å². The van der Waals surface area contributed by atoms with Crippen molar-refractivity contribution >= 4 is 0 Å². The molecule has 0 aromatic heterocycles.